The molecular formula is C21H22N2O7. The molecule has 0 radical (unpaired) electrons. The smallest absolute Gasteiger partial charge is 0.327 e. The minimum absolute atomic E-state index is 0.0296. The van der Waals surface area contributed by atoms with E-state index < -0.39 is 36.2 Å². The second-order valence-electron chi connectivity index (χ2n) is 7.12. The Morgan fingerprint density at radius 3 is 2.43 bits per heavy atom. The van der Waals surface area contributed by atoms with E-state index in [0.29, 0.717) is 11.3 Å². The average Bonchev–Trinajstić information content (AvgIpc) is 3.15. The van der Waals surface area contributed by atoms with E-state index in [2.05, 4.69) is 5.32 Å². The molecule has 9 nitrogen and oxygen atoms in total. The Kier molecular flexibility index (Phi) is 5.44. The molecule has 2 aliphatic heterocycles. The summed E-state index contributed by atoms with van der Waals surface area (Å²) in [5, 5.41) is 23.3. The van der Waals surface area contributed by atoms with E-state index in [1.807, 2.05) is 30.3 Å². The van der Waals surface area contributed by atoms with Crippen LogP contribution in [0.15, 0.2) is 54.6 Å². The standard InChI is InChI=1S/C21H22N2O7/c1-28-15-9-7-13(8-10-15)11-23-19(26)21(22-20(23)27)17(25)16(24)18(30-21)29-12-14-5-3-2-4-6-14/h2-10,16-18,24-25H,11-12H2,1H3,(H,22,27)/t16-,17-,18-,21+/m1/s1. The number of carbonyl (C=O) groups excluding carboxylic acids is 2. The van der Waals surface area contributed by atoms with Crippen molar-refractivity contribution in [2.45, 2.75) is 37.4 Å². The first-order chi connectivity index (χ1) is 14.4. The second-order valence-corrected chi connectivity index (χ2v) is 7.12. The van der Waals surface area contributed by atoms with Crippen molar-refractivity contribution in [1.82, 2.24) is 10.2 Å². The Bertz CT molecular complexity index is 921. The maximum absolute atomic E-state index is 13.0. The average molecular weight is 414 g/mol. The summed E-state index contributed by atoms with van der Waals surface area (Å²) < 4.78 is 16.2. The summed E-state index contributed by atoms with van der Waals surface area (Å²) in [6.45, 7) is 0.0706. The summed E-state index contributed by atoms with van der Waals surface area (Å²) in [4.78, 5) is 26.4. The summed E-state index contributed by atoms with van der Waals surface area (Å²) in [5.74, 6) is -0.149. The lowest BCUT2D eigenvalue weighted by Gasteiger charge is -2.24. The van der Waals surface area contributed by atoms with Gasteiger partial charge < -0.3 is 24.4 Å². The van der Waals surface area contributed by atoms with Gasteiger partial charge in [-0.05, 0) is 23.3 Å². The number of imide groups is 1. The van der Waals surface area contributed by atoms with Crippen LogP contribution < -0.4 is 10.1 Å². The summed E-state index contributed by atoms with van der Waals surface area (Å²) in [6.07, 6.45) is -4.49. The molecule has 9 heteroatoms. The lowest BCUT2D eigenvalue weighted by Crippen LogP contribution is -2.56. The van der Waals surface area contributed by atoms with Gasteiger partial charge in [-0.3, -0.25) is 15.0 Å². The Morgan fingerprint density at radius 2 is 1.77 bits per heavy atom. The minimum Gasteiger partial charge on any atom is -0.497 e. The van der Waals surface area contributed by atoms with Gasteiger partial charge in [-0.2, -0.15) is 0 Å². The normalized spacial score (nSPS) is 28.2. The molecular weight excluding hydrogens is 392 g/mol. The number of carbonyl (C=O) groups is 2. The number of amides is 3. The predicted molar refractivity (Wildman–Crippen MR) is 103 cm³/mol. The summed E-state index contributed by atoms with van der Waals surface area (Å²) >= 11 is 0. The molecule has 0 bridgehead atoms. The maximum Gasteiger partial charge on any atom is 0.327 e. The highest BCUT2D eigenvalue weighted by molar-refractivity contribution is 6.06. The highest BCUT2D eigenvalue weighted by Gasteiger charge is 2.66. The van der Waals surface area contributed by atoms with Gasteiger partial charge in [-0.1, -0.05) is 42.5 Å². The van der Waals surface area contributed by atoms with Crippen molar-refractivity contribution in [3.05, 3.63) is 65.7 Å². The Labute approximate surface area is 172 Å². The fourth-order valence-corrected chi connectivity index (χ4v) is 3.51. The largest absolute Gasteiger partial charge is 0.497 e. The van der Waals surface area contributed by atoms with Crippen LogP contribution in [-0.2, 0) is 27.4 Å². The number of aliphatic hydroxyl groups is 2. The van der Waals surface area contributed by atoms with Crippen LogP contribution in [0.25, 0.3) is 0 Å². The predicted octanol–water partition coefficient (Wildman–Crippen LogP) is 0.738. The molecule has 2 aromatic rings. The number of hydrogen-bond acceptors (Lipinski definition) is 7. The minimum atomic E-state index is -2.09. The van der Waals surface area contributed by atoms with Gasteiger partial charge in [-0.25, -0.2) is 4.79 Å². The van der Waals surface area contributed by atoms with E-state index >= 15 is 0 Å². The number of hydrogen-bond donors (Lipinski definition) is 3. The third kappa shape index (κ3) is 3.52. The Hall–Kier alpha value is -2.98. The number of nitrogens with zero attached hydrogens (tertiary/aromatic N) is 1. The third-order valence-corrected chi connectivity index (χ3v) is 5.18. The lowest BCUT2D eigenvalue weighted by atomic mass is 10.0. The molecule has 2 aromatic carbocycles. The Morgan fingerprint density at radius 1 is 1.07 bits per heavy atom. The molecule has 0 saturated carbocycles. The van der Waals surface area contributed by atoms with Crippen LogP contribution in [0.4, 0.5) is 4.79 Å². The Balaban J connectivity index is 1.47. The van der Waals surface area contributed by atoms with Crippen molar-refractivity contribution in [3.63, 3.8) is 0 Å². The molecule has 0 aliphatic carbocycles. The van der Waals surface area contributed by atoms with Gasteiger partial charge in [-0.15, -0.1) is 0 Å². The van der Waals surface area contributed by atoms with Crippen LogP contribution in [0, 0.1) is 0 Å². The van der Waals surface area contributed by atoms with Gasteiger partial charge in [0.1, 0.15) is 18.0 Å². The van der Waals surface area contributed by atoms with Gasteiger partial charge in [0.05, 0.1) is 20.3 Å². The summed E-state index contributed by atoms with van der Waals surface area (Å²) in [7, 11) is 1.54. The van der Waals surface area contributed by atoms with Crippen LogP contribution in [-0.4, -0.2) is 58.4 Å². The van der Waals surface area contributed by atoms with E-state index in [1.165, 1.54) is 7.11 Å². The molecule has 4 atom stereocenters. The molecule has 0 aromatic heterocycles. The third-order valence-electron chi connectivity index (χ3n) is 5.18. The van der Waals surface area contributed by atoms with E-state index in [9.17, 15) is 19.8 Å². The fourth-order valence-electron chi connectivity index (χ4n) is 3.51. The van der Waals surface area contributed by atoms with E-state index in [1.54, 1.807) is 24.3 Å². The first-order valence-corrected chi connectivity index (χ1v) is 9.41. The maximum atomic E-state index is 13.0. The molecule has 4 rings (SSSR count). The van der Waals surface area contributed by atoms with Crippen molar-refractivity contribution < 1.29 is 34.0 Å². The number of urea groups is 1. The first kappa shape index (κ1) is 20.3. The molecule has 2 aliphatic rings. The van der Waals surface area contributed by atoms with E-state index in [0.717, 1.165) is 10.5 Å². The highest BCUT2D eigenvalue weighted by atomic mass is 16.7. The number of rotatable bonds is 6. The molecule has 0 unspecified atom stereocenters. The van der Waals surface area contributed by atoms with Crippen molar-refractivity contribution in [1.29, 1.82) is 0 Å². The van der Waals surface area contributed by atoms with Crippen molar-refractivity contribution >= 4 is 11.9 Å². The van der Waals surface area contributed by atoms with Crippen LogP contribution in [0.1, 0.15) is 11.1 Å². The second kappa shape index (κ2) is 8.04. The zero-order valence-electron chi connectivity index (χ0n) is 16.2. The van der Waals surface area contributed by atoms with Crippen LogP contribution in [0.5, 0.6) is 5.75 Å². The first-order valence-electron chi connectivity index (χ1n) is 9.41. The van der Waals surface area contributed by atoms with E-state index in [4.69, 9.17) is 14.2 Å². The van der Waals surface area contributed by atoms with Gasteiger partial charge in [0.2, 0.25) is 0 Å². The van der Waals surface area contributed by atoms with Gasteiger partial charge >= 0.3 is 6.03 Å². The van der Waals surface area contributed by atoms with Gasteiger partial charge in [0.15, 0.2) is 6.29 Å². The lowest BCUT2D eigenvalue weighted by molar-refractivity contribution is -0.202. The number of ether oxygens (including phenoxy) is 3. The molecule has 30 heavy (non-hydrogen) atoms. The molecule has 1 spiro atoms. The van der Waals surface area contributed by atoms with Gasteiger partial charge in [0, 0.05) is 0 Å². The zero-order chi connectivity index (χ0) is 21.3. The topological polar surface area (TPSA) is 118 Å². The monoisotopic (exact) mass is 414 g/mol. The fraction of sp³-hybridized carbons (Fsp3) is 0.333. The molecule has 2 saturated heterocycles. The molecule has 2 fully saturated rings. The van der Waals surface area contributed by atoms with Crippen molar-refractivity contribution in [2.75, 3.05) is 7.11 Å². The molecule has 3 N–H and O–H groups in total. The number of aliphatic hydroxyl groups excluding tert-OH is 2. The molecule has 3 amide bonds. The summed E-state index contributed by atoms with van der Waals surface area (Å²) in [6, 6.07) is 15.3. The van der Waals surface area contributed by atoms with Crippen LogP contribution in [0.2, 0.25) is 0 Å². The molecule has 2 heterocycles. The zero-order valence-corrected chi connectivity index (χ0v) is 16.2. The highest BCUT2D eigenvalue weighted by Crippen LogP contribution is 2.36. The quantitative estimate of drug-likeness (QED) is 0.597. The van der Waals surface area contributed by atoms with E-state index in [-0.39, 0.29) is 13.2 Å². The number of benzene rings is 2. The number of methoxy groups -OCH3 is 1. The SMILES string of the molecule is COc1ccc(CN2C(=O)N[C@@]3(O[C@@H](OCc4ccccc4)[C@H](O)[C@H]3O)C2=O)cc1. The van der Waals surface area contributed by atoms with Gasteiger partial charge in [0.25, 0.3) is 11.6 Å². The number of nitrogens with one attached hydrogen (secondary N) is 1. The van der Waals surface area contributed by atoms with Crippen LogP contribution in [0.3, 0.4) is 0 Å². The summed E-state index contributed by atoms with van der Waals surface area (Å²) in [5.41, 5.74) is -0.586. The van der Waals surface area contributed by atoms with Crippen molar-refractivity contribution in [3.8, 4) is 5.75 Å². The van der Waals surface area contributed by atoms with Crippen molar-refractivity contribution in [2.24, 2.45) is 0 Å². The van der Waals surface area contributed by atoms with Crippen LogP contribution >= 0.6 is 0 Å². The molecule has 158 valence electrons.